The van der Waals surface area contributed by atoms with E-state index < -0.39 is 0 Å². The van der Waals surface area contributed by atoms with Crippen LogP contribution in [0.3, 0.4) is 0 Å². The van der Waals surface area contributed by atoms with Gasteiger partial charge in [-0.1, -0.05) is 0 Å². The highest BCUT2D eigenvalue weighted by atomic mass is 79.9. The number of piperazine rings is 1. The Bertz CT molecular complexity index is 361. The van der Waals surface area contributed by atoms with Crippen molar-refractivity contribution < 1.29 is 4.79 Å². The second-order valence-corrected chi connectivity index (χ2v) is 6.33. The summed E-state index contributed by atoms with van der Waals surface area (Å²) in [5.41, 5.74) is 0. The van der Waals surface area contributed by atoms with Gasteiger partial charge in [-0.2, -0.15) is 0 Å². The van der Waals surface area contributed by atoms with Crippen molar-refractivity contribution in [3.8, 4) is 0 Å². The van der Waals surface area contributed by atoms with E-state index in [0.717, 1.165) is 41.4 Å². The van der Waals surface area contributed by atoms with Gasteiger partial charge in [-0.15, -0.1) is 11.3 Å². The Kier molecular flexibility index (Phi) is 4.52. The third kappa shape index (κ3) is 3.38. The molecule has 0 atom stereocenters. The highest BCUT2D eigenvalue weighted by Gasteiger charge is 2.13. The highest BCUT2D eigenvalue weighted by molar-refractivity contribution is 9.11. The van der Waals surface area contributed by atoms with Crippen LogP contribution in [0.4, 0.5) is 0 Å². The molecule has 1 aliphatic heterocycles. The Hall–Kier alpha value is -0.230. The van der Waals surface area contributed by atoms with E-state index in [4.69, 9.17) is 0 Å². The van der Waals surface area contributed by atoms with E-state index in [-0.39, 0.29) is 5.78 Å². The highest BCUT2D eigenvalue weighted by Crippen LogP contribution is 2.23. The summed E-state index contributed by atoms with van der Waals surface area (Å²) in [5.74, 6) is 0.259. The van der Waals surface area contributed by atoms with Gasteiger partial charge in [0.2, 0.25) is 0 Å². The van der Waals surface area contributed by atoms with Crippen LogP contribution < -0.4 is 5.32 Å². The van der Waals surface area contributed by atoms with Gasteiger partial charge in [0, 0.05) is 39.1 Å². The lowest BCUT2D eigenvalue weighted by Gasteiger charge is -2.26. The second-order valence-electron chi connectivity index (χ2n) is 3.87. The number of nitrogens with zero attached hydrogens (tertiary/aromatic N) is 1. The van der Waals surface area contributed by atoms with Crippen LogP contribution in [-0.2, 0) is 0 Å². The van der Waals surface area contributed by atoms with Crippen LogP contribution >= 0.6 is 27.3 Å². The smallest absolute Gasteiger partial charge is 0.174 e. The molecule has 0 amide bonds. The first-order valence-electron chi connectivity index (χ1n) is 5.47. The molecule has 0 unspecified atom stereocenters. The Balaban J connectivity index is 1.79. The molecule has 88 valence electrons. The first kappa shape index (κ1) is 12.2. The Morgan fingerprint density at radius 1 is 1.44 bits per heavy atom. The molecule has 1 aromatic rings. The summed E-state index contributed by atoms with van der Waals surface area (Å²) < 4.78 is 1.03. The van der Waals surface area contributed by atoms with E-state index in [2.05, 4.69) is 26.1 Å². The molecule has 0 radical (unpaired) electrons. The van der Waals surface area contributed by atoms with Crippen molar-refractivity contribution >= 4 is 33.0 Å². The minimum atomic E-state index is 0.259. The van der Waals surface area contributed by atoms with Crippen LogP contribution in [0.5, 0.6) is 0 Å². The number of thiophene rings is 1. The summed E-state index contributed by atoms with van der Waals surface area (Å²) in [6.07, 6.45) is 0.632. The van der Waals surface area contributed by atoms with Crippen LogP contribution in [0, 0.1) is 0 Å². The van der Waals surface area contributed by atoms with Crippen molar-refractivity contribution in [2.75, 3.05) is 32.7 Å². The molecule has 0 bridgehead atoms. The third-order valence-electron chi connectivity index (χ3n) is 2.71. The molecule has 1 saturated heterocycles. The van der Waals surface area contributed by atoms with E-state index in [1.807, 2.05) is 12.1 Å². The number of hydrogen-bond acceptors (Lipinski definition) is 4. The van der Waals surface area contributed by atoms with Crippen LogP contribution in [0.1, 0.15) is 16.1 Å². The minimum Gasteiger partial charge on any atom is -0.314 e. The average Bonchev–Trinajstić information content (AvgIpc) is 2.74. The lowest BCUT2D eigenvalue weighted by atomic mass is 10.2. The number of ketones is 1. The molecule has 16 heavy (non-hydrogen) atoms. The van der Waals surface area contributed by atoms with Gasteiger partial charge in [0.1, 0.15) is 0 Å². The largest absolute Gasteiger partial charge is 0.314 e. The summed E-state index contributed by atoms with van der Waals surface area (Å²) in [6, 6.07) is 3.83. The molecule has 2 rings (SSSR count). The topological polar surface area (TPSA) is 32.3 Å². The van der Waals surface area contributed by atoms with Crippen LogP contribution in [0.2, 0.25) is 0 Å². The van der Waals surface area contributed by atoms with Crippen LogP contribution in [0.25, 0.3) is 0 Å². The molecule has 1 aliphatic rings. The lowest BCUT2D eigenvalue weighted by molar-refractivity contribution is 0.0964. The Labute approximate surface area is 108 Å². The zero-order chi connectivity index (χ0) is 11.4. The molecule has 0 aromatic carbocycles. The molecule has 0 saturated carbocycles. The molecule has 1 fully saturated rings. The van der Waals surface area contributed by atoms with E-state index >= 15 is 0 Å². The van der Waals surface area contributed by atoms with E-state index in [1.54, 1.807) is 0 Å². The Morgan fingerprint density at radius 3 is 2.81 bits per heavy atom. The van der Waals surface area contributed by atoms with Gasteiger partial charge < -0.3 is 10.2 Å². The van der Waals surface area contributed by atoms with Gasteiger partial charge in [-0.05, 0) is 28.1 Å². The number of carbonyl (C=O) groups excluding carboxylic acids is 1. The van der Waals surface area contributed by atoms with Crippen molar-refractivity contribution in [3.63, 3.8) is 0 Å². The van der Waals surface area contributed by atoms with Gasteiger partial charge >= 0.3 is 0 Å². The SMILES string of the molecule is O=C(CCN1CCNCC1)c1ccc(Br)s1. The van der Waals surface area contributed by atoms with Crippen molar-refractivity contribution in [1.82, 2.24) is 10.2 Å². The molecule has 0 aliphatic carbocycles. The maximum atomic E-state index is 11.8. The molecule has 1 aromatic heterocycles. The maximum absolute atomic E-state index is 11.8. The zero-order valence-corrected chi connectivity index (χ0v) is 11.4. The first-order valence-corrected chi connectivity index (χ1v) is 7.08. The summed E-state index contributed by atoms with van der Waals surface area (Å²) in [7, 11) is 0. The first-order chi connectivity index (χ1) is 7.75. The van der Waals surface area contributed by atoms with Crippen LogP contribution in [0.15, 0.2) is 15.9 Å². The molecule has 3 nitrogen and oxygen atoms in total. The van der Waals surface area contributed by atoms with Crippen molar-refractivity contribution in [3.05, 3.63) is 20.8 Å². The summed E-state index contributed by atoms with van der Waals surface area (Å²) >= 11 is 4.89. The van der Waals surface area contributed by atoms with E-state index in [0.29, 0.717) is 6.42 Å². The molecule has 5 heteroatoms. The quantitative estimate of drug-likeness (QED) is 0.863. The molecule has 1 N–H and O–H groups in total. The monoisotopic (exact) mass is 302 g/mol. The van der Waals surface area contributed by atoms with Gasteiger partial charge in [0.15, 0.2) is 5.78 Å². The minimum absolute atomic E-state index is 0.259. The fraction of sp³-hybridized carbons (Fsp3) is 0.545. The molecular weight excluding hydrogens is 288 g/mol. The normalized spacial score (nSPS) is 17.6. The summed E-state index contributed by atoms with van der Waals surface area (Å²) in [5, 5.41) is 3.31. The maximum Gasteiger partial charge on any atom is 0.174 e. The van der Waals surface area contributed by atoms with Gasteiger partial charge in [0.05, 0.1) is 8.66 Å². The second kappa shape index (κ2) is 5.91. The number of carbonyl (C=O) groups is 1. The van der Waals surface area contributed by atoms with E-state index in [9.17, 15) is 4.79 Å². The number of halogens is 1. The number of nitrogens with one attached hydrogen (secondary N) is 1. The van der Waals surface area contributed by atoms with Gasteiger partial charge in [-0.25, -0.2) is 0 Å². The van der Waals surface area contributed by atoms with Crippen molar-refractivity contribution in [2.45, 2.75) is 6.42 Å². The predicted octanol–water partition coefficient (Wildman–Crippen LogP) is 1.99. The summed E-state index contributed by atoms with van der Waals surface area (Å²) in [4.78, 5) is 15.1. The Morgan fingerprint density at radius 2 is 2.19 bits per heavy atom. The number of rotatable bonds is 4. The lowest BCUT2D eigenvalue weighted by Crippen LogP contribution is -2.44. The fourth-order valence-corrected chi connectivity index (χ4v) is 3.14. The van der Waals surface area contributed by atoms with Crippen molar-refractivity contribution in [2.24, 2.45) is 0 Å². The van der Waals surface area contributed by atoms with Gasteiger partial charge in [0.25, 0.3) is 0 Å². The molecule has 2 heterocycles. The third-order valence-corrected chi connectivity index (χ3v) is 4.38. The average molecular weight is 303 g/mol. The number of hydrogen-bond donors (Lipinski definition) is 1. The standard InChI is InChI=1S/C11H15BrN2OS/c12-11-2-1-10(16-11)9(15)3-6-14-7-4-13-5-8-14/h1-2,13H,3-8H2. The predicted molar refractivity (Wildman–Crippen MR) is 70.3 cm³/mol. The fourth-order valence-electron chi connectivity index (χ4n) is 1.78. The van der Waals surface area contributed by atoms with Gasteiger partial charge in [-0.3, -0.25) is 4.79 Å². The zero-order valence-electron chi connectivity index (χ0n) is 9.04. The summed E-state index contributed by atoms with van der Waals surface area (Å²) in [6.45, 7) is 5.08. The van der Waals surface area contributed by atoms with Crippen LogP contribution in [-0.4, -0.2) is 43.4 Å². The molecule has 0 spiro atoms. The van der Waals surface area contributed by atoms with Crippen molar-refractivity contribution in [1.29, 1.82) is 0 Å². The van der Waals surface area contributed by atoms with E-state index in [1.165, 1.54) is 11.3 Å². The molecular formula is C11H15BrN2OS. The number of Topliss-reactive ketones (excluding diaryl/α,β-unsaturated/α-hetero) is 1.